The molecule has 2 aromatic heterocycles. The zero-order valence-corrected chi connectivity index (χ0v) is 9.56. The second-order valence-corrected chi connectivity index (χ2v) is 3.73. The van der Waals surface area contributed by atoms with E-state index in [4.69, 9.17) is 14.0 Å². The van der Waals surface area contributed by atoms with Crippen LogP contribution in [0.5, 0.6) is 0 Å². The lowest BCUT2D eigenvalue weighted by Crippen LogP contribution is -2.03. The molecule has 0 fully saturated rings. The Morgan fingerprint density at radius 2 is 2.18 bits per heavy atom. The Morgan fingerprint density at radius 1 is 1.41 bits per heavy atom. The first-order chi connectivity index (χ1) is 8.09. The van der Waals surface area contributed by atoms with Crippen LogP contribution in [0.15, 0.2) is 15.3 Å². The predicted octanol–water partition coefficient (Wildman–Crippen LogP) is 1.76. The highest BCUT2D eigenvalue weighted by molar-refractivity contribution is 5.86. The molecule has 90 valence electrons. The molecule has 0 saturated heterocycles. The quantitative estimate of drug-likeness (QED) is 0.869. The minimum atomic E-state index is -1.08. The first-order valence-electron chi connectivity index (χ1n) is 5.17. The minimum absolute atomic E-state index is 0.0308. The highest BCUT2D eigenvalue weighted by Gasteiger charge is 2.17. The molecule has 0 aliphatic carbocycles. The number of hydrogen-bond acceptors (Lipinski definition) is 5. The molecule has 2 rings (SSSR count). The number of carboxylic acid groups (broad SMARTS) is 1. The summed E-state index contributed by atoms with van der Waals surface area (Å²) in [7, 11) is 0. The van der Waals surface area contributed by atoms with E-state index in [9.17, 15) is 4.79 Å². The van der Waals surface area contributed by atoms with Gasteiger partial charge in [-0.1, -0.05) is 5.16 Å². The van der Waals surface area contributed by atoms with Crippen LogP contribution in [0, 0.1) is 13.8 Å². The lowest BCUT2D eigenvalue weighted by atomic mass is 10.1. The molecule has 1 N–H and O–H groups in total. The molecule has 6 nitrogen and oxygen atoms in total. The molecule has 0 spiro atoms. The van der Waals surface area contributed by atoms with Gasteiger partial charge >= 0.3 is 5.97 Å². The summed E-state index contributed by atoms with van der Waals surface area (Å²) in [6.45, 7) is 3.68. The van der Waals surface area contributed by atoms with E-state index in [2.05, 4.69) is 10.1 Å². The lowest BCUT2D eigenvalue weighted by molar-refractivity contribution is 0.0689. The highest BCUT2D eigenvalue weighted by Crippen LogP contribution is 2.17. The fourth-order valence-corrected chi connectivity index (χ4v) is 1.72. The van der Waals surface area contributed by atoms with Crippen molar-refractivity contribution in [3.63, 3.8) is 0 Å². The van der Waals surface area contributed by atoms with Crippen LogP contribution >= 0.6 is 0 Å². The van der Waals surface area contributed by atoms with Crippen molar-refractivity contribution >= 4 is 5.97 Å². The Morgan fingerprint density at radius 3 is 2.76 bits per heavy atom. The Kier molecular flexibility index (Phi) is 2.95. The number of oxazole rings is 1. The van der Waals surface area contributed by atoms with Gasteiger partial charge in [-0.05, 0) is 20.3 Å². The van der Waals surface area contributed by atoms with Gasteiger partial charge in [-0.25, -0.2) is 9.78 Å². The molecule has 0 aliphatic rings. The van der Waals surface area contributed by atoms with E-state index in [-0.39, 0.29) is 5.69 Å². The van der Waals surface area contributed by atoms with Crippen LogP contribution in [0.1, 0.15) is 33.3 Å². The number of rotatable bonds is 4. The Balaban J connectivity index is 2.13. The third-order valence-electron chi connectivity index (χ3n) is 2.63. The van der Waals surface area contributed by atoms with Gasteiger partial charge in [-0.15, -0.1) is 0 Å². The number of hydrogen-bond donors (Lipinski definition) is 1. The van der Waals surface area contributed by atoms with Gasteiger partial charge in [-0.2, -0.15) is 0 Å². The van der Waals surface area contributed by atoms with Gasteiger partial charge in [0.2, 0.25) is 0 Å². The van der Waals surface area contributed by atoms with E-state index in [1.165, 1.54) is 0 Å². The number of carboxylic acids is 1. The van der Waals surface area contributed by atoms with E-state index < -0.39 is 5.97 Å². The zero-order valence-electron chi connectivity index (χ0n) is 9.56. The molecule has 0 unspecified atom stereocenters. The Bertz CT molecular complexity index is 522. The second-order valence-electron chi connectivity index (χ2n) is 3.73. The molecular formula is C11H12N2O4. The maximum absolute atomic E-state index is 10.8. The summed E-state index contributed by atoms with van der Waals surface area (Å²) in [5, 5.41) is 12.7. The molecular weight excluding hydrogens is 224 g/mol. The van der Waals surface area contributed by atoms with Crippen LogP contribution in [0.25, 0.3) is 0 Å². The van der Waals surface area contributed by atoms with Crippen LogP contribution < -0.4 is 0 Å². The fourth-order valence-electron chi connectivity index (χ4n) is 1.72. The lowest BCUT2D eigenvalue weighted by Gasteiger charge is -1.98. The van der Waals surface area contributed by atoms with Gasteiger partial charge in [-0.3, -0.25) is 0 Å². The van der Waals surface area contributed by atoms with Crippen LogP contribution in [0.4, 0.5) is 0 Å². The average Bonchev–Trinajstić information content (AvgIpc) is 2.85. The van der Waals surface area contributed by atoms with Crippen molar-refractivity contribution in [3.8, 4) is 0 Å². The van der Waals surface area contributed by atoms with Crippen molar-refractivity contribution in [3.05, 3.63) is 34.9 Å². The van der Waals surface area contributed by atoms with Crippen LogP contribution in [-0.4, -0.2) is 21.2 Å². The summed E-state index contributed by atoms with van der Waals surface area (Å²) in [6, 6.07) is 0. The van der Waals surface area contributed by atoms with E-state index in [1.807, 2.05) is 13.8 Å². The summed E-state index contributed by atoms with van der Waals surface area (Å²) in [5.74, 6) is 0.0453. The zero-order chi connectivity index (χ0) is 12.4. The molecule has 2 heterocycles. The van der Waals surface area contributed by atoms with E-state index in [1.54, 1.807) is 0 Å². The number of carbonyl (C=O) groups is 1. The van der Waals surface area contributed by atoms with Crippen LogP contribution in [0.2, 0.25) is 0 Å². The van der Waals surface area contributed by atoms with Gasteiger partial charge < -0.3 is 14.0 Å². The van der Waals surface area contributed by atoms with Crippen LogP contribution in [0.3, 0.4) is 0 Å². The topological polar surface area (TPSA) is 89.4 Å². The first-order valence-corrected chi connectivity index (χ1v) is 5.17. The van der Waals surface area contributed by atoms with Crippen molar-refractivity contribution in [1.82, 2.24) is 10.1 Å². The van der Waals surface area contributed by atoms with E-state index in [0.29, 0.717) is 18.6 Å². The number of aromatic nitrogens is 2. The predicted molar refractivity (Wildman–Crippen MR) is 56.8 cm³/mol. The van der Waals surface area contributed by atoms with Gasteiger partial charge in [0, 0.05) is 12.0 Å². The average molecular weight is 236 g/mol. The van der Waals surface area contributed by atoms with Crippen LogP contribution in [-0.2, 0) is 12.8 Å². The summed E-state index contributed by atoms with van der Waals surface area (Å²) in [6.07, 6.45) is 2.23. The summed E-state index contributed by atoms with van der Waals surface area (Å²) >= 11 is 0. The monoisotopic (exact) mass is 236 g/mol. The van der Waals surface area contributed by atoms with Crippen molar-refractivity contribution in [2.75, 3.05) is 0 Å². The second kappa shape index (κ2) is 4.40. The Labute approximate surface area is 97.2 Å². The first kappa shape index (κ1) is 11.4. The molecule has 0 atom stereocenters. The summed E-state index contributed by atoms with van der Waals surface area (Å²) in [5.41, 5.74) is 1.77. The summed E-state index contributed by atoms with van der Waals surface area (Å²) in [4.78, 5) is 14.5. The maximum atomic E-state index is 10.8. The minimum Gasteiger partial charge on any atom is -0.476 e. The standard InChI is InChI=1S/C11H12N2O4/c1-6-8(7(2)17-13-6)3-4-9-10(11(14)15)12-5-16-9/h5H,3-4H2,1-2H3,(H,14,15). The van der Waals surface area contributed by atoms with E-state index in [0.717, 1.165) is 23.4 Å². The van der Waals surface area contributed by atoms with E-state index >= 15 is 0 Å². The largest absolute Gasteiger partial charge is 0.476 e. The molecule has 0 saturated carbocycles. The number of aromatic carboxylic acids is 1. The molecule has 0 bridgehead atoms. The third kappa shape index (κ3) is 2.20. The number of nitrogens with zero attached hydrogens (tertiary/aromatic N) is 2. The molecule has 2 aromatic rings. The third-order valence-corrected chi connectivity index (χ3v) is 2.63. The maximum Gasteiger partial charge on any atom is 0.358 e. The molecule has 0 amide bonds. The Hall–Kier alpha value is -2.11. The normalized spacial score (nSPS) is 10.7. The van der Waals surface area contributed by atoms with Gasteiger partial charge in [0.25, 0.3) is 0 Å². The van der Waals surface area contributed by atoms with Crippen molar-refractivity contribution in [1.29, 1.82) is 0 Å². The van der Waals surface area contributed by atoms with Gasteiger partial charge in [0.1, 0.15) is 11.5 Å². The molecule has 0 aromatic carbocycles. The van der Waals surface area contributed by atoms with Gasteiger partial charge in [0.15, 0.2) is 12.1 Å². The van der Waals surface area contributed by atoms with Crippen molar-refractivity contribution < 1.29 is 18.8 Å². The summed E-state index contributed by atoms with van der Waals surface area (Å²) < 4.78 is 10.1. The molecule has 17 heavy (non-hydrogen) atoms. The highest BCUT2D eigenvalue weighted by atomic mass is 16.5. The smallest absolute Gasteiger partial charge is 0.358 e. The SMILES string of the molecule is Cc1noc(C)c1CCc1ocnc1C(=O)O. The molecule has 0 aliphatic heterocycles. The van der Waals surface area contributed by atoms with Gasteiger partial charge in [0.05, 0.1) is 5.69 Å². The molecule has 6 heteroatoms. The molecule has 0 radical (unpaired) electrons. The fraction of sp³-hybridized carbons (Fsp3) is 0.364. The van der Waals surface area contributed by atoms with Crippen molar-refractivity contribution in [2.24, 2.45) is 0 Å². The number of aryl methyl sites for hydroxylation is 3. The van der Waals surface area contributed by atoms with Crippen molar-refractivity contribution in [2.45, 2.75) is 26.7 Å².